The Hall–Kier alpha value is -2.97. The Morgan fingerprint density at radius 1 is 1.18 bits per heavy atom. The fourth-order valence-electron chi connectivity index (χ4n) is 4.66. The van der Waals surface area contributed by atoms with Crippen LogP contribution in [0.25, 0.3) is 22.5 Å². The molecule has 0 saturated carbocycles. The minimum Gasteiger partial charge on any atom is -0.378 e. The third-order valence-electron chi connectivity index (χ3n) is 6.79. The number of carbonyl (C=O) groups excluding carboxylic acids is 1. The number of aromatic nitrogens is 2. The van der Waals surface area contributed by atoms with Crippen LogP contribution >= 0.6 is 11.3 Å². The molecule has 1 atom stereocenters. The first-order valence-corrected chi connectivity index (χ1v) is 13.0. The molecule has 0 radical (unpaired) electrons. The first-order valence-electron chi connectivity index (χ1n) is 12.0. The second-order valence-corrected chi connectivity index (χ2v) is 9.76. The van der Waals surface area contributed by atoms with E-state index in [9.17, 15) is 4.79 Å². The van der Waals surface area contributed by atoms with E-state index in [4.69, 9.17) is 9.72 Å². The van der Waals surface area contributed by atoms with Crippen molar-refractivity contribution < 1.29 is 9.53 Å². The van der Waals surface area contributed by atoms with E-state index in [1.54, 1.807) is 11.3 Å². The van der Waals surface area contributed by atoms with Crippen LogP contribution in [0.4, 0.5) is 16.3 Å². The molecule has 8 heteroatoms. The summed E-state index contributed by atoms with van der Waals surface area (Å²) >= 11 is 1.57. The zero-order chi connectivity index (χ0) is 23.5. The number of rotatable bonds is 5. The second kappa shape index (κ2) is 10.1. The molecule has 0 spiro atoms. The maximum atomic E-state index is 12.9. The molecule has 5 rings (SSSR count). The first-order chi connectivity index (χ1) is 16.6. The highest BCUT2D eigenvalue weighted by Crippen LogP contribution is 2.33. The van der Waals surface area contributed by atoms with Gasteiger partial charge >= 0.3 is 6.03 Å². The third-order valence-corrected chi connectivity index (χ3v) is 7.38. The number of pyridine rings is 1. The van der Waals surface area contributed by atoms with E-state index in [0.29, 0.717) is 19.1 Å². The molecular formula is C26H31N5O2S. The molecule has 2 amide bonds. The Labute approximate surface area is 204 Å². The lowest BCUT2D eigenvalue weighted by Gasteiger charge is -2.28. The van der Waals surface area contributed by atoms with Crippen molar-refractivity contribution in [1.82, 2.24) is 14.9 Å². The Morgan fingerprint density at radius 3 is 2.76 bits per heavy atom. The van der Waals surface area contributed by atoms with Gasteiger partial charge in [-0.2, -0.15) is 0 Å². The average molecular weight is 478 g/mol. The maximum absolute atomic E-state index is 12.9. The normalized spacial score (nSPS) is 18.4. The summed E-state index contributed by atoms with van der Waals surface area (Å²) in [5, 5.41) is 5.15. The fourth-order valence-corrected chi connectivity index (χ4v) is 5.21. The van der Waals surface area contributed by atoms with Crippen molar-refractivity contribution in [2.24, 2.45) is 5.92 Å². The van der Waals surface area contributed by atoms with Crippen LogP contribution in [0, 0.1) is 12.8 Å². The molecule has 7 nitrogen and oxygen atoms in total. The molecule has 0 bridgehead atoms. The molecule has 4 heterocycles. The van der Waals surface area contributed by atoms with E-state index in [0.717, 1.165) is 78.6 Å². The number of likely N-dealkylation sites (tertiary alicyclic amines) is 1. The fraction of sp³-hybridized carbons (Fsp3) is 0.423. The number of amides is 2. The summed E-state index contributed by atoms with van der Waals surface area (Å²) in [6.45, 7) is 9.00. The summed E-state index contributed by atoms with van der Waals surface area (Å²) < 4.78 is 5.54. The highest BCUT2D eigenvalue weighted by molar-refractivity contribution is 7.07. The monoisotopic (exact) mass is 477 g/mol. The van der Waals surface area contributed by atoms with Gasteiger partial charge in [-0.15, -0.1) is 11.3 Å². The average Bonchev–Trinajstić information content (AvgIpc) is 3.58. The van der Waals surface area contributed by atoms with Gasteiger partial charge in [0.1, 0.15) is 5.82 Å². The number of thiazole rings is 1. The summed E-state index contributed by atoms with van der Waals surface area (Å²) in [7, 11) is 0. The number of hydrogen-bond donors (Lipinski definition) is 1. The van der Waals surface area contributed by atoms with Crippen LogP contribution in [0.3, 0.4) is 0 Å². The van der Waals surface area contributed by atoms with E-state index in [-0.39, 0.29) is 6.03 Å². The van der Waals surface area contributed by atoms with Crippen LogP contribution in [0.5, 0.6) is 0 Å². The molecule has 0 unspecified atom stereocenters. The van der Waals surface area contributed by atoms with Crippen LogP contribution in [0.2, 0.25) is 0 Å². The quantitative estimate of drug-likeness (QED) is 0.541. The van der Waals surface area contributed by atoms with Crippen LogP contribution in [0.15, 0.2) is 41.2 Å². The van der Waals surface area contributed by atoms with Gasteiger partial charge in [-0.1, -0.05) is 19.4 Å². The minimum absolute atomic E-state index is 0.0161. The predicted molar refractivity (Wildman–Crippen MR) is 138 cm³/mol. The molecule has 34 heavy (non-hydrogen) atoms. The van der Waals surface area contributed by atoms with Gasteiger partial charge in [0.2, 0.25) is 0 Å². The zero-order valence-corrected chi connectivity index (χ0v) is 20.6. The largest absolute Gasteiger partial charge is 0.378 e. The highest BCUT2D eigenvalue weighted by Gasteiger charge is 2.25. The van der Waals surface area contributed by atoms with Crippen LogP contribution < -0.4 is 10.2 Å². The van der Waals surface area contributed by atoms with Gasteiger partial charge in [-0.05, 0) is 60.2 Å². The van der Waals surface area contributed by atoms with Crippen molar-refractivity contribution in [2.45, 2.75) is 26.7 Å². The Morgan fingerprint density at radius 2 is 2.03 bits per heavy atom. The standard InChI is InChI=1S/C26H31N5O2S/c1-3-19-6-7-31(15-19)26(32)28-21-5-4-18(2)22(14-21)20-12-23(24-16-34-17-27-24)29-25(13-20)30-8-10-33-11-9-30/h4-5,12-14,16-17,19H,3,6-11,15H2,1-2H3,(H,28,32)/t19-/m1/s1. The van der Waals surface area contributed by atoms with E-state index in [1.165, 1.54) is 0 Å². The van der Waals surface area contributed by atoms with Crippen LogP contribution in [-0.2, 0) is 4.74 Å². The number of ether oxygens (including phenoxy) is 1. The van der Waals surface area contributed by atoms with Crippen molar-refractivity contribution in [3.05, 3.63) is 46.8 Å². The van der Waals surface area contributed by atoms with Crippen molar-refractivity contribution in [1.29, 1.82) is 0 Å². The number of hydrogen-bond acceptors (Lipinski definition) is 6. The molecule has 1 N–H and O–H groups in total. The minimum atomic E-state index is -0.0161. The van der Waals surface area contributed by atoms with Gasteiger partial charge in [-0.3, -0.25) is 0 Å². The topological polar surface area (TPSA) is 70.6 Å². The smallest absolute Gasteiger partial charge is 0.321 e. The lowest BCUT2D eigenvalue weighted by molar-refractivity contribution is 0.122. The molecular weight excluding hydrogens is 446 g/mol. The summed E-state index contributed by atoms with van der Waals surface area (Å²) in [6, 6.07) is 10.3. The first kappa shape index (κ1) is 22.8. The molecule has 2 aliphatic heterocycles. The Bertz CT molecular complexity index is 1140. The number of benzene rings is 1. The molecule has 2 aliphatic rings. The molecule has 3 aromatic rings. The summed E-state index contributed by atoms with van der Waals surface area (Å²) in [5.74, 6) is 1.54. The van der Waals surface area contributed by atoms with Crippen LogP contribution in [-0.4, -0.2) is 60.3 Å². The Balaban J connectivity index is 1.46. The molecule has 178 valence electrons. The Kier molecular flexibility index (Phi) is 6.78. The van der Waals surface area contributed by atoms with E-state index >= 15 is 0 Å². The van der Waals surface area contributed by atoms with Crippen molar-refractivity contribution in [2.75, 3.05) is 49.6 Å². The van der Waals surface area contributed by atoms with E-state index < -0.39 is 0 Å². The maximum Gasteiger partial charge on any atom is 0.321 e. The summed E-state index contributed by atoms with van der Waals surface area (Å²) in [6.07, 6.45) is 2.21. The number of urea groups is 1. The van der Waals surface area contributed by atoms with Gasteiger partial charge in [0.25, 0.3) is 0 Å². The van der Waals surface area contributed by atoms with Gasteiger partial charge in [-0.25, -0.2) is 14.8 Å². The highest BCUT2D eigenvalue weighted by atomic mass is 32.1. The van der Waals surface area contributed by atoms with Crippen LogP contribution in [0.1, 0.15) is 25.3 Å². The molecule has 2 aromatic heterocycles. The zero-order valence-electron chi connectivity index (χ0n) is 19.8. The molecule has 2 saturated heterocycles. The lowest BCUT2D eigenvalue weighted by atomic mass is 9.99. The number of nitrogens with zero attached hydrogens (tertiary/aromatic N) is 4. The van der Waals surface area contributed by atoms with Gasteiger partial charge < -0.3 is 19.9 Å². The van der Waals surface area contributed by atoms with Crippen molar-refractivity contribution in [3.63, 3.8) is 0 Å². The van der Waals surface area contributed by atoms with E-state index in [2.05, 4.69) is 53.3 Å². The SMILES string of the molecule is CC[C@@H]1CCN(C(=O)Nc2ccc(C)c(-c3cc(-c4cscn4)nc(N4CCOCC4)c3)c2)C1. The molecule has 2 fully saturated rings. The molecule has 1 aromatic carbocycles. The van der Waals surface area contributed by atoms with Crippen molar-refractivity contribution >= 4 is 28.9 Å². The van der Waals surface area contributed by atoms with Gasteiger partial charge in [0, 0.05) is 37.2 Å². The van der Waals surface area contributed by atoms with E-state index in [1.807, 2.05) is 21.9 Å². The summed E-state index contributed by atoms with van der Waals surface area (Å²) in [4.78, 5) is 26.5. The number of morpholine rings is 1. The van der Waals surface area contributed by atoms with Gasteiger partial charge in [0.15, 0.2) is 0 Å². The third kappa shape index (κ3) is 4.93. The second-order valence-electron chi connectivity index (χ2n) is 9.04. The summed E-state index contributed by atoms with van der Waals surface area (Å²) in [5.41, 5.74) is 7.68. The number of carbonyl (C=O) groups is 1. The number of nitrogens with one attached hydrogen (secondary N) is 1. The number of aryl methyl sites for hydroxylation is 1. The predicted octanol–water partition coefficient (Wildman–Crippen LogP) is 5.28. The van der Waals surface area contributed by atoms with Crippen molar-refractivity contribution in [3.8, 4) is 22.5 Å². The number of anilines is 2. The van der Waals surface area contributed by atoms with Gasteiger partial charge in [0.05, 0.1) is 30.1 Å². The molecule has 0 aliphatic carbocycles. The lowest BCUT2D eigenvalue weighted by Crippen LogP contribution is -2.36.